The van der Waals surface area contributed by atoms with Crippen molar-refractivity contribution in [3.05, 3.63) is 101 Å². The summed E-state index contributed by atoms with van der Waals surface area (Å²) in [6.45, 7) is 19.3. The number of aliphatic hydroxyl groups excluding tert-OH is 1. The number of nitrogens with zero attached hydrogens (tertiary/aromatic N) is 1. The minimum Gasteiger partial charge on any atom is -0.512 e. The SMILES string of the molecule is CC(C)Cc1cc2ccc(-c3cc(-c4[c-]c5ccccc5c(C(C)(C)C)c4)nc4sccc34)cc2o1.CCC(CC)C(=O)/C=C(\O)C(CC)CC.[Ir]. The van der Waals surface area contributed by atoms with E-state index in [0.29, 0.717) is 5.92 Å². The number of rotatable bonds is 11. The van der Waals surface area contributed by atoms with E-state index in [1.54, 1.807) is 11.3 Å². The zero-order valence-corrected chi connectivity index (χ0v) is 35.4. The van der Waals surface area contributed by atoms with Crippen molar-refractivity contribution in [1.82, 2.24) is 4.98 Å². The zero-order chi connectivity index (χ0) is 36.9. The number of benzene rings is 3. The van der Waals surface area contributed by atoms with Crippen LogP contribution in [-0.2, 0) is 36.7 Å². The predicted molar refractivity (Wildman–Crippen MR) is 218 cm³/mol. The predicted octanol–water partition coefficient (Wildman–Crippen LogP) is 13.7. The number of carbonyl (C=O) groups is 1. The first-order valence-corrected chi connectivity index (χ1v) is 19.6. The van der Waals surface area contributed by atoms with Crippen molar-refractivity contribution in [2.45, 2.75) is 99.8 Å². The Morgan fingerprint density at radius 3 is 2.25 bits per heavy atom. The van der Waals surface area contributed by atoms with Gasteiger partial charge in [-0.25, -0.2) is 0 Å². The molecule has 0 unspecified atom stereocenters. The Kier molecular flexibility index (Phi) is 14.2. The molecule has 3 aromatic carbocycles. The second kappa shape index (κ2) is 18.0. The summed E-state index contributed by atoms with van der Waals surface area (Å²) in [7, 11) is 0. The number of carbonyl (C=O) groups excluding carboxylic acids is 1. The van der Waals surface area contributed by atoms with E-state index in [9.17, 15) is 9.90 Å². The van der Waals surface area contributed by atoms with Crippen molar-refractivity contribution >= 4 is 49.1 Å². The number of ketones is 1. The molecule has 277 valence electrons. The molecule has 6 aromatic rings. The normalized spacial score (nSPS) is 12.2. The van der Waals surface area contributed by atoms with Crippen LogP contribution in [0.3, 0.4) is 0 Å². The van der Waals surface area contributed by atoms with Crippen LogP contribution in [0.5, 0.6) is 0 Å². The standard InChI is InChI=1S/C33H30NOS.C13H24O2.Ir/c1-20(2)14-25-16-23-11-10-22(18-31(23)35-25)28-19-30(34-32-27(28)12-13-36-32)24-15-21-8-6-7-9-26(21)29(17-24)33(3,4)5;1-5-10(6-2)12(14)9-13(15)11(7-3)8-4;/h6-13,16-20H,14H2,1-5H3;9-11,14H,5-8H2,1-4H3;/q-1;;/b;12-9-;. The summed E-state index contributed by atoms with van der Waals surface area (Å²) in [5.41, 5.74) is 6.59. The monoisotopic (exact) mass is 893 g/mol. The van der Waals surface area contributed by atoms with Gasteiger partial charge in [-0.1, -0.05) is 110 Å². The fourth-order valence-electron chi connectivity index (χ4n) is 6.85. The van der Waals surface area contributed by atoms with Crippen molar-refractivity contribution in [2.75, 3.05) is 0 Å². The van der Waals surface area contributed by atoms with E-state index in [4.69, 9.17) is 9.40 Å². The molecule has 0 saturated heterocycles. The molecule has 3 aromatic heterocycles. The van der Waals surface area contributed by atoms with Crippen LogP contribution in [0.15, 0.2) is 88.4 Å². The van der Waals surface area contributed by atoms with E-state index in [1.807, 2.05) is 27.7 Å². The third-order valence-corrected chi connectivity index (χ3v) is 10.7. The summed E-state index contributed by atoms with van der Waals surface area (Å²) in [6, 6.07) is 27.6. The molecule has 1 N–H and O–H groups in total. The number of thiophene rings is 1. The Morgan fingerprint density at radius 1 is 0.904 bits per heavy atom. The van der Waals surface area contributed by atoms with Crippen LogP contribution < -0.4 is 0 Å². The fourth-order valence-corrected chi connectivity index (χ4v) is 7.64. The zero-order valence-electron chi connectivity index (χ0n) is 32.2. The van der Waals surface area contributed by atoms with Crippen molar-refractivity contribution in [3.8, 4) is 22.4 Å². The van der Waals surface area contributed by atoms with Gasteiger partial charge in [-0.2, -0.15) is 0 Å². The molecule has 0 bridgehead atoms. The number of pyridine rings is 1. The first-order valence-electron chi connectivity index (χ1n) is 18.7. The maximum Gasteiger partial charge on any atom is 0.162 e. The topological polar surface area (TPSA) is 63.3 Å². The Balaban J connectivity index is 0.000000323. The Hall–Kier alpha value is -3.57. The molecule has 0 aliphatic carbocycles. The first-order chi connectivity index (χ1) is 24.4. The van der Waals surface area contributed by atoms with E-state index in [2.05, 4.69) is 113 Å². The molecule has 1 radical (unpaired) electrons. The number of allylic oxidation sites excluding steroid dienone is 2. The van der Waals surface area contributed by atoms with Crippen molar-refractivity contribution < 1.29 is 34.4 Å². The maximum atomic E-state index is 11.7. The fraction of sp³-hybridized carbons (Fsp3) is 0.391. The van der Waals surface area contributed by atoms with Gasteiger partial charge in [-0.15, -0.1) is 40.5 Å². The van der Waals surface area contributed by atoms with Gasteiger partial charge >= 0.3 is 0 Å². The average Bonchev–Trinajstić information content (AvgIpc) is 3.74. The van der Waals surface area contributed by atoms with Gasteiger partial charge in [0.15, 0.2) is 5.78 Å². The van der Waals surface area contributed by atoms with E-state index in [0.717, 1.165) is 75.9 Å². The van der Waals surface area contributed by atoms with Crippen LogP contribution in [-0.4, -0.2) is 15.9 Å². The largest absolute Gasteiger partial charge is 0.512 e. The molecule has 6 rings (SSSR count). The van der Waals surface area contributed by atoms with E-state index in [1.165, 1.54) is 28.0 Å². The molecule has 0 amide bonds. The summed E-state index contributed by atoms with van der Waals surface area (Å²) in [5.74, 6) is 2.16. The molecule has 0 atom stereocenters. The summed E-state index contributed by atoms with van der Waals surface area (Å²) in [5, 5.41) is 16.6. The molecule has 52 heavy (non-hydrogen) atoms. The molecule has 0 saturated carbocycles. The van der Waals surface area contributed by atoms with Gasteiger partial charge in [-0.3, -0.25) is 9.78 Å². The molecular weight excluding hydrogens is 839 g/mol. The smallest absolute Gasteiger partial charge is 0.162 e. The third-order valence-electron chi connectivity index (χ3n) is 9.87. The molecule has 0 fully saturated rings. The third kappa shape index (κ3) is 9.50. The number of hydrogen-bond donors (Lipinski definition) is 1. The first kappa shape index (κ1) is 41.2. The van der Waals surface area contributed by atoms with Gasteiger partial charge in [-0.05, 0) is 71.7 Å². The molecule has 6 heteroatoms. The number of fused-ring (bicyclic) bond motifs is 3. The average molecular weight is 893 g/mol. The Bertz CT molecular complexity index is 2140. The molecule has 0 aliphatic heterocycles. The maximum absolute atomic E-state index is 11.7. The second-order valence-corrected chi connectivity index (χ2v) is 16.0. The Morgan fingerprint density at radius 2 is 1.60 bits per heavy atom. The summed E-state index contributed by atoms with van der Waals surface area (Å²) in [4.78, 5) is 17.8. The van der Waals surface area contributed by atoms with Gasteiger partial charge in [0, 0.05) is 60.9 Å². The van der Waals surface area contributed by atoms with Crippen molar-refractivity contribution in [1.29, 1.82) is 0 Å². The molecular formula is C46H54IrNO3S-. The summed E-state index contributed by atoms with van der Waals surface area (Å²) < 4.78 is 6.23. The van der Waals surface area contributed by atoms with Gasteiger partial charge in [0.25, 0.3) is 0 Å². The van der Waals surface area contributed by atoms with Gasteiger partial charge in [0.05, 0.1) is 5.76 Å². The Labute approximate surface area is 328 Å². The number of aliphatic hydroxyl groups is 1. The number of hydrogen-bond acceptors (Lipinski definition) is 5. The van der Waals surface area contributed by atoms with E-state index in [-0.39, 0.29) is 48.9 Å². The van der Waals surface area contributed by atoms with E-state index < -0.39 is 0 Å². The van der Waals surface area contributed by atoms with E-state index >= 15 is 0 Å². The van der Waals surface area contributed by atoms with Gasteiger partial charge < -0.3 is 9.52 Å². The van der Waals surface area contributed by atoms with Crippen LogP contribution in [0.2, 0.25) is 0 Å². The van der Waals surface area contributed by atoms with Crippen LogP contribution in [0.4, 0.5) is 0 Å². The van der Waals surface area contributed by atoms with Gasteiger partial charge in [0.1, 0.15) is 16.2 Å². The molecule has 0 spiro atoms. The number of aromatic nitrogens is 1. The minimum atomic E-state index is 0. The van der Waals surface area contributed by atoms with Crippen LogP contribution in [0.25, 0.3) is 54.3 Å². The molecule has 4 nitrogen and oxygen atoms in total. The van der Waals surface area contributed by atoms with Crippen molar-refractivity contribution in [2.24, 2.45) is 17.8 Å². The number of furan rings is 1. The van der Waals surface area contributed by atoms with Crippen LogP contribution in [0.1, 0.15) is 99.3 Å². The summed E-state index contributed by atoms with van der Waals surface area (Å²) in [6.07, 6.45) is 5.86. The summed E-state index contributed by atoms with van der Waals surface area (Å²) >= 11 is 1.68. The van der Waals surface area contributed by atoms with Crippen LogP contribution >= 0.6 is 11.3 Å². The minimum absolute atomic E-state index is 0. The molecule has 0 aliphatic rings. The quantitative estimate of drug-likeness (QED) is 0.0800. The van der Waals surface area contributed by atoms with Crippen molar-refractivity contribution in [3.63, 3.8) is 0 Å². The molecule has 3 heterocycles. The second-order valence-electron chi connectivity index (χ2n) is 15.1. The van der Waals surface area contributed by atoms with Gasteiger partial charge in [0.2, 0.25) is 0 Å². The van der Waals surface area contributed by atoms with Crippen LogP contribution in [0, 0.1) is 23.8 Å².